The van der Waals surface area contributed by atoms with E-state index in [-0.39, 0.29) is 27.5 Å². The zero-order valence-electron chi connectivity index (χ0n) is 15.3. The Kier molecular flexibility index (Phi) is 5.76. The average Bonchev–Trinajstić information content (AvgIpc) is 2.71. The summed E-state index contributed by atoms with van der Waals surface area (Å²) < 4.78 is 21.1. The number of carbonyl (C=O) groups is 3. The van der Waals surface area contributed by atoms with Crippen molar-refractivity contribution in [2.75, 3.05) is 21.3 Å². The summed E-state index contributed by atoms with van der Waals surface area (Å²) in [6, 6.07) is 4.33. The average molecular weight is 528 g/mol. The third-order valence-corrected chi connectivity index (χ3v) is 5.21. The fourth-order valence-corrected chi connectivity index (χ4v) is 4.21. The van der Waals surface area contributed by atoms with Crippen LogP contribution >= 0.6 is 31.9 Å². The molecule has 2 aromatic carbocycles. The van der Waals surface area contributed by atoms with E-state index in [2.05, 4.69) is 31.9 Å². The van der Waals surface area contributed by atoms with E-state index >= 15 is 0 Å². The van der Waals surface area contributed by atoms with Crippen molar-refractivity contribution >= 4 is 71.7 Å². The van der Waals surface area contributed by atoms with E-state index in [1.165, 1.54) is 6.07 Å². The van der Waals surface area contributed by atoms with Crippen LogP contribution in [0.5, 0.6) is 0 Å². The van der Waals surface area contributed by atoms with Gasteiger partial charge in [0.25, 0.3) is 0 Å². The Morgan fingerprint density at radius 1 is 0.793 bits per heavy atom. The van der Waals surface area contributed by atoms with Crippen LogP contribution in [0.2, 0.25) is 0 Å². The normalized spacial score (nSPS) is 10.8. The van der Waals surface area contributed by atoms with Gasteiger partial charge in [-0.05, 0) is 34.1 Å². The summed E-state index contributed by atoms with van der Waals surface area (Å²) in [6.07, 6.45) is 0. The van der Waals surface area contributed by atoms with Crippen LogP contribution in [0.4, 0.5) is 0 Å². The predicted octanol–water partition coefficient (Wildman–Crippen LogP) is 3.83. The standard InChI is InChI=1S/C19H12Br2O8/c1-26-17(23)8-6-10-14(22)9-4-7(20)5-11(21)15(9)29-16(10)13(19(25)28-3)12(8)18(24)27-2/h4-6H,1-3H3. The Morgan fingerprint density at radius 2 is 1.34 bits per heavy atom. The fraction of sp³-hybridized carbons (Fsp3) is 0.158. The summed E-state index contributed by atoms with van der Waals surface area (Å²) in [5, 5.41) is 0.0900. The van der Waals surface area contributed by atoms with Crippen LogP contribution in [0.25, 0.3) is 21.9 Å². The van der Waals surface area contributed by atoms with Crippen molar-refractivity contribution < 1.29 is 33.0 Å². The van der Waals surface area contributed by atoms with Crippen molar-refractivity contribution in [2.45, 2.75) is 0 Å². The minimum atomic E-state index is -0.995. The number of rotatable bonds is 3. The molecule has 0 saturated heterocycles. The lowest BCUT2D eigenvalue weighted by molar-refractivity contribution is 0.0536. The zero-order chi connectivity index (χ0) is 21.5. The Morgan fingerprint density at radius 3 is 1.93 bits per heavy atom. The minimum absolute atomic E-state index is 0.101. The van der Waals surface area contributed by atoms with Crippen LogP contribution in [-0.4, -0.2) is 39.2 Å². The molecular weight excluding hydrogens is 516 g/mol. The Hall–Kier alpha value is -2.72. The molecule has 0 unspecified atom stereocenters. The number of esters is 3. The summed E-state index contributed by atoms with van der Waals surface area (Å²) in [5.74, 6) is -2.92. The molecule has 8 nitrogen and oxygen atoms in total. The summed E-state index contributed by atoms with van der Waals surface area (Å²) in [4.78, 5) is 50.4. The molecule has 150 valence electrons. The monoisotopic (exact) mass is 526 g/mol. The first-order chi connectivity index (χ1) is 13.7. The van der Waals surface area contributed by atoms with Gasteiger partial charge in [0.15, 0.2) is 11.2 Å². The molecule has 0 amide bonds. The number of benzene rings is 2. The molecule has 0 saturated carbocycles. The van der Waals surface area contributed by atoms with E-state index in [1.54, 1.807) is 6.07 Å². The molecule has 3 rings (SSSR count). The van der Waals surface area contributed by atoms with Gasteiger partial charge in [0, 0.05) is 4.47 Å². The SMILES string of the molecule is COC(=O)c1cc2c(=O)c3cc(Br)cc(Br)c3oc2c(C(=O)OC)c1C(=O)OC. The molecular formula is C19H12Br2O8. The van der Waals surface area contributed by atoms with E-state index in [4.69, 9.17) is 18.6 Å². The van der Waals surface area contributed by atoms with E-state index in [1.807, 2.05) is 0 Å². The summed E-state index contributed by atoms with van der Waals surface area (Å²) in [6.45, 7) is 0. The number of carbonyl (C=O) groups excluding carboxylic acids is 3. The smallest absolute Gasteiger partial charge is 0.342 e. The van der Waals surface area contributed by atoms with E-state index in [0.717, 1.165) is 27.4 Å². The van der Waals surface area contributed by atoms with Gasteiger partial charge in [-0.2, -0.15) is 0 Å². The molecule has 0 aliphatic carbocycles. The van der Waals surface area contributed by atoms with Gasteiger partial charge >= 0.3 is 17.9 Å². The molecule has 0 radical (unpaired) electrons. The van der Waals surface area contributed by atoms with Crippen molar-refractivity contribution in [3.05, 3.63) is 54.1 Å². The van der Waals surface area contributed by atoms with Crippen molar-refractivity contribution in [2.24, 2.45) is 0 Å². The quantitative estimate of drug-likeness (QED) is 0.287. The van der Waals surface area contributed by atoms with Crippen LogP contribution in [-0.2, 0) is 14.2 Å². The number of hydrogen-bond donors (Lipinski definition) is 0. The molecule has 0 bridgehead atoms. The number of ether oxygens (including phenoxy) is 3. The largest absolute Gasteiger partial charge is 0.465 e. The van der Waals surface area contributed by atoms with Crippen molar-refractivity contribution in [1.29, 1.82) is 0 Å². The van der Waals surface area contributed by atoms with Crippen molar-refractivity contribution in [3.8, 4) is 0 Å². The van der Waals surface area contributed by atoms with Gasteiger partial charge in [-0.15, -0.1) is 0 Å². The molecule has 1 heterocycles. The highest BCUT2D eigenvalue weighted by atomic mass is 79.9. The number of hydrogen-bond acceptors (Lipinski definition) is 8. The van der Waals surface area contributed by atoms with Crippen LogP contribution in [0.15, 0.2) is 36.4 Å². The van der Waals surface area contributed by atoms with Gasteiger partial charge in [0.2, 0.25) is 5.43 Å². The topological polar surface area (TPSA) is 109 Å². The minimum Gasteiger partial charge on any atom is -0.465 e. The highest BCUT2D eigenvalue weighted by molar-refractivity contribution is 9.11. The Bertz CT molecular complexity index is 1260. The first-order valence-corrected chi connectivity index (χ1v) is 9.51. The zero-order valence-corrected chi connectivity index (χ0v) is 18.4. The maximum Gasteiger partial charge on any atom is 0.342 e. The van der Waals surface area contributed by atoms with Crippen molar-refractivity contribution in [3.63, 3.8) is 0 Å². The third-order valence-electron chi connectivity index (χ3n) is 4.17. The number of methoxy groups -OCH3 is 3. The molecule has 0 N–H and O–H groups in total. The van der Waals surface area contributed by atoms with Crippen LogP contribution in [0.3, 0.4) is 0 Å². The third kappa shape index (κ3) is 3.42. The summed E-state index contributed by atoms with van der Waals surface area (Å²) >= 11 is 6.61. The summed E-state index contributed by atoms with van der Waals surface area (Å²) in [5.41, 5.74) is -1.74. The Labute approximate surface area is 180 Å². The van der Waals surface area contributed by atoms with E-state index in [9.17, 15) is 19.2 Å². The molecule has 0 atom stereocenters. The molecule has 0 aliphatic rings. The second-order valence-corrected chi connectivity index (χ2v) is 7.49. The van der Waals surface area contributed by atoms with E-state index < -0.39 is 34.5 Å². The molecule has 3 aromatic rings. The number of fused-ring (bicyclic) bond motifs is 2. The highest BCUT2D eigenvalue weighted by Gasteiger charge is 2.32. The number of halogens is 2. The van der Waals surface area contributed by atoms with Gasteiger partial charge in [0.1, 0.15) is 5.56 Å². The van der Waals surface area contributed by atoms with Gasteiger partial charge < -0.3 is 18.6 Å². The molecule has 0 fully saturated rings. The second-order valence-electron chi connectivity index (χ2n) is 5.72. The Balaban J connectivity index is 2.66. The lowest BCUT2D eigenvalue weighted by atomic mass is 9.96. The molecule has 1 aromatic heterocycles. The molecule has 29 heavy (non-hydrogen) atoms. The fourth-order valence-electron chi connectivity index (χ4n) is 2.90. The first kappa shape index (κ1) is 21.0. The highest BCUT2D eigenvalue weighted by Crippen LogP contribution is 2.33. The maximum absolute atomic E-state index is 13.1. The van der Waals surface area contributed by atoms with Crippen LogP contribution in [0.1, 0.15) is 31.1 Å². The molecule has 0 spiro atoms. The summed E-state index contributed by atoms with van der Waals surface area (Å²) in [7, 11) is 3.27. The van der Waals surface area contributed by atoms with Gasteiger partial charge in [-0.25, -0.2) is 14.4 Å². The maximum atomic E-state index is 13.1. The lowest BCUT2D eigenvalue weighted by Crippen LogP contribution is -2.20. The van der Waals surface area contributed by atoms with E-state index in [0.29, 0.717) is 8.95 Å². The van der Waals surface area contributed by atoms with Gasteiger partial charge in [0.05, 0.1) is 47.7 Å². The van der Waals surface area contributed by atoms with Crippen LogP contribution < -0.4 is 5.43 Å². The van der Waals surface area contributed by atoms with Gasteiger partial charge in [-0.1, -0.05) is 15.9 Å². The van der Waals surface area contributed by atoms with Gasteiger partial charge in [-0.3, -0.25) is 4.79 Å². The predicted molar refractivity (Wildman–Crippen MR) is 109 cm³/mol. The van der Waals surface area contributed by atoms with Crippen LogP contribution in [0, 0.1) is 0 Å². The molecule has 10 heteroatoms. The second kappa shape index (κ2) is 7.96. The molecule has 0 aliphatic heterocycles. The lowest BCUT2D eigenvalue weighted by Gasteiger charge is -2.14. The first-order valence-electron chi connectivity index (χ1n) is 7.92. The van der Waals surface area contributed by atoms with Crippen molar-refractivity contribution in [1.82, 2.24) is 0 Å².